The number of nitrogens with zero attached hydrogens (tertiary/aromatic N) is 2. The summed E-state index contributed by atoms with van der Waals surface area (Å²) in [5.74, 6) is -0.363. The Balaban J connectivity index is 2.23. The van der Waals surface area contributed by atoms with Crippen molar-refractivity contribution in [2.75, 3.05) is 11.9 Å². The minimum atomic E-state index is -0.369. The summed E-state index contributed by atoms with van der Waals surface area (Å²) in [4.78, 5) is 26.4. The molecule has 0 unspecified atom stereocenters. The van der Waals surface area contributed by atoms with E-state index in [1.54, 1.807) is 0 Å². The smallest absolute Gasteiger partial charge is 0.267 e. The molecule has 1 aliphatic rings. The van der Waals surface area contributed by atoms with Gasteiger partial charge in [-0.1, -0.05) is 43.0 Å². The Bertz CT molecular complexity index is 716. The first-order valence-electron chi connectivity index (χ1n) is 5.90. The third kappa shape index (κ3) is 1.53. The summed E-state index contributed by atoms with van der Waals surface area (Å²) in [6, 6.07) is 13.0. The van der Waals surface area contributed by atoms with Crippen LogP contribution in [0.15, 0.2) is 54.7 Å². The average molecular weight is 252 g/mol. The van der Waals surface area contributed by atoms with E-state index in [2.05, 4.69) is 6.58 Å². The molecule has 94 valence electrons. The summed E-state index contributed by atoms with van der Waals surface area (Å²) in [5, 5.41) is 1.94. The lowest BCUT2D eigenvalue weighted by atomic mass is 10.1. The summed E-state index contributed by atoms with van der Waals surface area (Å²) >= 11 is 0. The van der Waals surface area contributed by atoms with Crippen molar-refractivity contribution < 1.29 is 9.59 Å². The zero-order valence-electron chi connectivity index (χ0n) is 10.5. The van der Waals surface area contributed by atoms with E-state index in [-0.39, 0.29) is 17.6 Å². The number of hydrogen-bond donors (Lipinski definition) is 0. The van der Waals surface area contributed by atoms with Gasteiger partial charge in [0, 0.05) is 12.4 Å². The number of carbonyl (C=O) groups is 2. The molecule has 3 amide bonds. The molecule has 0 spiro atoms. The minimum Gasteiger partial charge on any atom is -0.267 e. The van der Waals surface area contributed by atoms with Crippen LogP contribution in [0, 0.1) is 0 Å². The van der Waals surface area contributed by atoms with Crippen molar-refractivity contribution in [1.29, 1.82) is 0 Å². The highest BCUT2D eigenvalue weighted by atomic mass is 16.2. The first-order valence-corrected chi connectivity index (χ1v) is 5.90. The van der Waals surface area contributed by atoms with Gasteiger partial charge >= 0.3 is 6.03 Å². The van der Waals surface area contributed by atoms with Gasteiger partial charge in [-0.05, 0) is 11.5 Å². The van der Waals surface area contributed by atoms with Crippen molar-refractivity contribution in [3.05, 3.63) is 54.7 Å². The van der Waals surface area contributed by atoms with Crippen molar-refractivity contribution in [3.8, 4) is 0 Å². The number of rotatable bonds is 1. The molecule has 4 nitrogen and oxygen atoms in total. The Morgan fingerprint density at radius 1 is 1.00 bits per heavy atom. The van der Waals surface area contributed by atoms with Gasteiger partial charge in [0.25, 0.3) is 5.91 Å². The fourth-order valence-corrected chi connectivity index (χ4v) is 2.29. The summed E-state index contributed by atoms with van der Waals surface area (Å²) < 4.78 is 0. The Morgan fingerprint density at radius 2 is 1.68 bits per heavy atom. The van der Waals surface area contributed by atoms with Crippen molar-refractivity contribution in [2.24, 2.45) is 0 Å². The van der Waals surface area contributed by atoms with Crippen molar-refractivity contribution >= 4 is 28.4 Å². The van der Waals surface area contributed by atoms with Crippen LogP contribution in [-0.2, 0) is 4.79 Å². The number of benzene rings is 2. The van der Waals surface area contributed by atoms with Crippen LogP contribution in [-0.4, -0.2) is 23.9 Å². The fraction of sp³-hybridized carbons (Fsp3) is 0.0667. The molecule has 0 bridgehead atoms. The van der Waals surface area contributed by atoms with E-state index in [9.17, 15) is 9.59 Å². The van der Waals surface area contributed by atoms with E-state index in [1.807, 2.05) is 42.5 Å². The zero-order chi connectivity index (χ0) is 13.6. The molecular formula is C15H12N2O2. The number of amides is 3. The molecule has 1 fully saturated rings. The lowest BCUT2D eigenvalue weighted by Gasteiger charge is -2.17. The SMILES string of the molecule is C=C1C(=O)N(C)C(=O)N1c1cccc2ccccc12. The van der Waals surface area contributed by atoms with Gasteiger partial charge in [0.2, 0.25) is 0 Å². The van der Waals surface area contributed by atoms with Crippen LogP contribution in [0.2, 0.25) is 0 Å². The molecule has 2 aromatic carbocycles. The number of anilines is 1. The quantitative estimate of drug-likeness (QED) is 0.578. The average Bonchev–Trinajstić information content (AvgIpc) is 2.63. The van der Waals surface area contributed by atoms with Gasteiger partial charge in [-0.2, -0.15) is 0 Å². The second-order valence-corrected chi connectivity index (χ2v) is 4.43. The van der Waals surface area contributed by atoms with Crippen molar-refractivity contribution in [2.45, 2.75) is 0 Å². The predicted octanol–water partition coefficient (Wildman–Crippen LogP) is 2.75. The molecule has 0 aromatic heterocycles. The molecule has 1 aliphatic heterocycles. The molecule has 0 N–H and O–H groups in total. The standard InChI is InChI=1S/C15H12N2O2/c1-10-14(18)16(2)15(19)17(10)13-9-5-7-11-6-3-4-8-12(11)13/h3-9H,1H2,2H3. The number of likely N-dealkylation sites (N-methyl/N-ethyl adjacent to an activating group) is 1. The third-order valence-corrected chi connectivity index (χ3v) is 3.31. The summed E-state index contributed by atoms with van der Waals surface area (Å²) in [6.45, 7) is 3.71. The molecular weight excluding hydrogens is 240 g/mol. The predicted molar refractivity (Wildman–Crippen MR) is 73.7 cm³/mol. The molecule has 3 rings (SSSR count). The molecule has 4 heteroatoms. The van der Waals surface area contributed by atoms with Crippen LogP contribution in [0.25, 0.3) is 10.8 Å². The van der Waals surface area contributed by atoms with Crippen LogP contribution in [0.4, 0.5) is 10.5 Å². The van der Waals surface area contributed by atoms with E-state index in [1.165, 1.54) is 11.9 Å². The van der Waals surface area contributed by atoms with Gasteiger partial charge in [0.1, 0.15) is 5.70 Å². The van der Waals surface area contributed by atoms with Crippen LogP contribution < -0.4 is 4.90 Å². The highest BCUT2D eigenvalue weighted by molar-refractivity contribution is 6.22. The third-order valence-electron chi connectivity index (χ3n) is 3.31. The Hall–Kier alpha value is -2.62. The molecule has 0 aliphatic carbocycles. The molecule has 0 saturated carbocycles. The monoisotopic (exact) mass is 252 g/mol. The highest BCUT2D eigenvalue weighted by Gasteiger charge is 2.38. The Kier molecular flexibility index (Phi) is 2.38. The zero-order valence-corrected chi connectivity index (χ0v) is 10.5. The van der Waals surface area contributed by atoms with Gasteiger partial charge in [-0.15, -0.1) is 0 Å². The Morgan fingerprint density at radius 3 is 2.37 bits per heavy atom. The van der Waals surface area contributed by atoms with Gasteiger partial charge in [0.15, 0.2) is 0 Å². The summed E-state index contributed by atoms with van der Waals surface area (Å²) in [7, 11) is 1.46. The normalized spacial score (nSPS) is 15.7. The fourth-order valence-electron chi connectivity index (χ4n) is 2.29. The maximum Gasteiger partial charge on any atom is 0.336 e. The number of imide groups is 1. The van der Waals surface area contributed by atoms with Crippen LogP contribution in [0.1, 0.15) is 0 Å². The minimum absolute atomic E-state index is 0.184. The van der Waals surface area contributed by atoms with E-state index >= 15 is 0 Å². The van der Waals surface area contributed by atoms with E-state index in [0.717, 1.165) is 15.7 Å². The van der Waals surface area contributed by atoms with Crippen molar-refractivity contribution in [3.63, 3.8) is 0 Å². The highest BCUT2D eigenvalue weighted by Crippen LogP contribution is 2.32. The van der Waals surface area contributed by atoms with Gasteiger partial charge in [-0.3, -0.25) is 14.6 Å². The lowest BCUT2D eigenvalue weighted by Crippen LogP contribution is -2.29. The maximum absolute atomic E-state index is 12.1. The van der Waals surface area contributed by atoms with Gasteiger partial charge in [0.05, 0.1) is 5.69 Å². The topological polar surface area (TPSA) is 40.6 Å². The van der Waals surface area contributed by atoms with Gasteiger partial charge < -0.3 is 0 Å². The van der Waals surface area contributed by atoms with Crippen LogP contribution >= 0.6 is 0 Å². The second-order valence-electron chi connectivity index (χ2n) is 4.43. The number of urea groups is 1. The van der Waals surface area contributed by atoms with E-state index in [0.29, 0.717) is 5.69 Å². The van der Waals surface area contributed by atoms with Crippen LogP contribution in [0.5, 0.6) is 0 Å². The van der Waals surface area contributed by atoms with Crippen molar-refractivity contribution in [1.82, 2.24) is 4.90 Å². The lowest BCUT2D eigenvalue weighted by molar-refractivity contribution is -0.121. The van der Waals surface area contributed by atoms with E-state index in [4.69, 9.17) is 0 Å². The number of hydrogen-bond acceptors (Lipinski definition) is 2. The van der Waals surface area contributed by atoms with Crippen LogP contribution in [0.3, 0.4) is 0 Å². The largest absolute Gasteiger partial charge is 0.336 e. The molecule has 1 heterocycles. The first-order chi connectivity index (χ1) is 9.11. The molecule has 0 radical (unpaired) electrons. The first kappa shape index (κ1) is 11.5. The van der Waals surface area contributed by atoms with Gasteiger partial charge in [-0.25, -0.2) is 4.79 Å². The molecule has 2 aromatic rings. The second kappa shape index (κ2) is 3.95. The summed E-state index contributed by atoms with van der Waals surface area (Å²) in [5.41, 5.74) is 0.870. The molecule has 0 atom stereocenters. The number of fused-ring (bicyclic) bond motifs is 1. The molecule has 19 heavy (non-hydrogen) atoms. The van der Waals surface area contributed by atoms with E-state index < -0.39 is 0 Å². The molecule has 1 saturated heterocycles. The number of carbonyl (C=O) groups excluding carboxylic acids is 2. The Labute approximate surface area is 110 Å². The summed E-state index contributed by atoms with van der Waals surface area (Å²) in [6.07, 6.45) is 0. The maximum atomic E-state index is 12.1.